The Morgan fingerprint density at radius 1 is 0.912 bits per heavy atom. The fourth-order valence-corrected chi connectivity index (χ4v) is 4.30. The molecule has 2 amide bonds. The molecule has 0 aliphatic carbocycles. The molecule has 8 heteroatoms. The smallest absolute Gasteiger partial charge is 0.254 e. The molecule has 0 fully saturated rings. The molecule has 1 heterocycles. The zero-order valence-electron chi connectivity index (χ0n) is 19.3. The number of carbonyl (C=O) groups excluding carboxylic acids is 2. The van der Waals surface area contributed by atoms with Gasteiger partial charge in [0.05, 0.1) is 33.3 Å². The molecule has 176 valence electrons. The molecular weight excluding hydrogens is 439 g/mol. The topological polar surface area (TPSA) is 77.1 Å². The van der Waals surface area contributed by atoms with Crippen LogP contribution in [0.1, 0.15) is 33.4 Å². The lowest BCUT2D eigenvalue weighted by atomic mass is 9.79. The Morgan fingerprint density at radius 3 is 2.12 bits per heavy atom. The van der Waals surface area contributed by atoms with Gasteiger partial charge in [0.2, 0.25) is 5.91 Å². The lowest BCUT2D eigenvalue weighted by Crippen LogP contribution is -2.44. The van der Waals surface area contributed by atoms with E-state index in [1.807, 2.05) is 12.1 Å². The van der Waals surface area contributed by atoms with Gasteiger partial charge in [0.15, 0.2) is 11.5 Å². The summed E-state index contributed by atoms with van der Waals surface area (Å²) in [4.78, 5) is 28.6. The van der Waals surface area contributed by atoms with E-state index < -0.39 is 17.8 Å². The number of hydrogen-bond acceptors (Lipinski definition) is 5. The maximum Gasteiger partial charge on any atom is 0.254 e. The van der Waals surface area contributed by atoms with E-state index in [0.29, 0.717) is 34.1 Å². The number of likely N-dealkylation sites (N-methyl/N-ethyl adjacent to an activating group) is 1. The number of carbonyl (C=O) groups is 2. The molecule has 1 aliphatic heterocycles. The first-order valence-electron chi connectivity index (χ1n) is 10.6. The largest absolute Gasteiger partial charge is 0.497 e. The number of halogens is 1. The standard InChI is InChI=1S/C26H25FN2O5/c1-29-24(15-5-11-18(32-2)12-6-15)23(25(30)28-17-9-7-16(27)8-10-17)19-13-21(33-3)22(34-4)14-20(19)26(29)31/h5-14,23-24H,1-4H3,(H,28,30)/t23-,24+/m1/s1. The minimum Gasteiger partial charge on any atom is -0.497 e. The maximum absolute atomic E-state index is 13.7. The minimum absolute atomic E-state index is 0.248. The fourth-order valence-electron chi connectivity index (χ4n) is 4.30. The molecule has 7 nitrogen and oxygen atoms in total. The SMILES string of the molecule is COc1ccc([C@H]2[C@H](C(=O)Nc3ccc(F)cc3)c3cc(OC)c(OC)cc3C(=O)N2C)cc1. The van der Waals surface area contributed by atoms with E-state index >= 15 is 0 Å². The third-order valence-electron chi connectivity index (χ3n) is 6.03. The molecule has 3 aromatic rings. The summed E-state index contributed by atoms with van der Waals surface area (Å²) >= 11 is 0. The molecule has 34 heavy (non-hydrogen) atoms. The van der Waals surface area contributed by atoms with E-state index in [-0.39, 0.29) is 11.8 Å². The van der Waals surface area contributed by atoms with Crippen molar-refractivity contribution in [1.29, 1.82) is 0 Å². The summed E-state index contributed by atoms with van der Waals surface area (Å²) in [7, 11) is 6.21. The molecule has 0 unspecified atom stereocenters. The van der Waals surface area contributed by atoms with Crippen LogP contribution in [-0.2, 0) is 4.79 Å². The van der Waals surface area contributed by atoms with Crippen molar-refractivity contribution in [3.63, 3.8) is 0 Å². The molecule has 3 aromatic carbocycles. The van der Waals surface area contributed by atoms with Gasteiger partial charge in [-0.25, -0.2) is 4.39 Å². The number of amides is 2. The van der Waals surface area contributed by atoms with Crippen LogP contribution in [0.15, 0.2) is 60.7 Å². The van der Waals surface area contributed by atoms with Crippen molar-refractivity contribution in [3.05, 3.63) is 83.2 Å². The Morgan fingerprint density at radius 2 is 1.53 bits per heavy atom. The van der Waals surface area contributed by atoms with Crippen molar-refractivity contribution >= 4 is 17.5 Å². The molecule has 0 radical (unpaired) electrons. The Labute approximate surface area is 197 Å². The number of nitrogens with zero attached hydrogens (tertiary/aromatic N) is 1. The van der Waals surface area contributed by atoms with Gasteiger partial charge in [-0.05, 0) is 59.7 Å². The summed E-state index contributed by atoms with van der Waals surface area (Å²) in [6.07, 6.45) is 0. The van der Waals surface area contributed by atoms with Gasteiger partial charge in [0.25, 0.3) is 5.91 Å². The van der Waals surface area contributed by atoms with Crippen molar-refractivity contribution in [3.8, 4) is 17.2 Å². The third-order valence-corrected chi connectivity index (χ3v) is 6.03. The highest BCUT2D eigenvalue weighted by Gasteiger charge is 2.43. The Kier molecular flexibility index (Phi) is 6.40. The average molecular weight is 464 g/mol. The summed E-state index contributed by atoms with van der Waals surface area (Å²) in [5.74, 6) is -0.319. The Bertz CT molecular complexity index is 1210. The highest BCUT2D eigenvalue weighted by atomic mass is 19.1. The van der Waals surface area contributed by atoms with Crippen LogP contribution in [0.5, 0.6) is 17.2 Å². The van der Waals surface area contributed by atoms with Gasteiger partial charge in [0.1, 0.15) is 11.6 Å². The fraction of sp³-hybridized carbons (Fsp3) is 0.231. The number of methoxy groups -OCH3 is 3. The number of benzene rings is 3. The second kappa shape index (κ2) is 9.43. The molecule has 0 saturated carbocycles. The van der Waals surface area contributed by atoms with Gasteiger partial charge in [-0.15, -0.1) is 0 Å². The number of fused-ring (bicyclic) bond motifs is 1. The van der Waals surface area contributed by atoms with Crippen LogP contribution < -0.4 is 19.5 Å². The predicted molar refractivity (Wildman–Crippen MR) is 125 cm³/mol. The van der Waals surface area contributed by atoms with Crippen LogP contribution in [0.2, 0.25) is 0 Å². The Hall–Kier alpha value is -4.07. The molecule has 4 rings (SSSR count). The first-order chi connectivity index (χ1) is 16.4. The van der Waals surface area contributed by atoms with E-state index in [9.17, 15) is 14.0 Å². The summed E-state index contributed by atoms with van der Waals surface area (Å²) < 4.78 is 29.5. The van der Waals surface area contributed by atoms with Crippen LogP contribution in [0.25, 0.3) is 0 Å². The zero-order valence-corrected chi connectivity index (χ0v) is 19.3. The third kappa shape index (κ3) is 4.14. The summed E-state index contributed by atoms with van der Waals surface area (Å²) in [5, 5.41) is 2.86. The first kappa shape index (κ1) is 23.1. The summed E-state index contributed by atoms with van der Waals surface area (Å²) in [6, 6.07) is 15.4. The van der Waals surface area contributed by atoms with E-state index in [0.717, 1.165) is 5.56 Å². The molecule has 2 atom stereocenters. The van der Waals surface area contributed by atoms with Crippen molar-refractivity contribution < 1.29 is 28.2 Å². The van der Waals surface area contributed by atoms with E-state index in [2.05, 4.69) is 5.32 Å². The van der Waals surface area contributed by atoms with Gasteiger partial charge in [-0.3, -0.25) is 9.59 Å². The van der Waals surface area contributed by atoms with Crippen molar-refractivity contribution in [2.45, 2.75) is 12.0 Å². The van der Waals surface area contributed by atoms with Gasteiger partial charge < -0.3 is 24.4 Å². The number of rotatable bonds is 6. The van der Waals surface area contributed by atoms with Gasteiger partial charge in [-0.2, -0.15) is 0 Å². The minimum atomic E-state index is -0.782. The van der Waals surface area contributed by atoms with Gasteiger partial charge in [0, 0.05) is 18.3 Å². The molecule has 1 aliphatic rings. The van der Waals surface area contributed by atoms with Crippen molar-refractivity contribution in [1.82, 2.24) is 4.90 Å². The average Bonchev–Trinajstić information content (AvgIpc) is 2.86. The zero-order chi connectivity index (χ0) is 24.4. The molecule has 1 N–H and O–H groups in total. The van der Waals surface area contributed by atoms with E-state index in [4.69, 9.17) is 14.2 Å². The molecule has 0 saturated heterocycles. The first-order valence-corrected chi connectivity index (χ1v) is 10.6. The monoisotopic (exact) mass is 464 g/mol. The highest BCUT2D eigenvalue weighted by Crippen LogP contribution is 2.46. The number of hydrogen-bond donors (Lipinski definition) is 1. The van der Waals surface area contributed by atoms with E-state index in [1.54, 1.807) is 43.3 Å². The number of ether oxygens (including phenoxy) is 3. The predicted octanol–water partition coefficient (Wildman–Crippen LogP) is 4.40. The number of anilines is 1. The molecule has 0 bridgehead atoms. The highest BCUT2D eigenvalue weighted by molar-refractivity contribution is 6.04. The molecule has 0 aromatic heterocycles. The van der Waals surface area contributed by atoms with Crippen LogP contribution in [0.3, 0.4) is 0 Å². The number of nitrogens with one attached hydrogen (secondary N) is 1. The summed E-state index contributed by atoms with van der Waals surface area (Å²) in [5.41, 5.74) is 2.07. The van der Waals surface area contributed by atoms with Crippen LogP contribution in [0.4, 0.5) is 10.1 Å². The van der Waals surface area contributed by atoms with E-state index in [1.165, 1.54) is 38.5 Å². The molecule has 0 spiro atoms. The normalized spacial score (nSPS) is 17.1. The second-order valence-corrected chi connectivity index (χ2v) is 7.90. The van der Waals surface area contributed by atoms with Crippen LogP contribution >= 0.6 is 0 Å². The van der Waals surface area contributed by atoms with Crippen molar-refractivity contribution in [2.24, 2.45) is 0 Å². The molecular formula is C26H25FN2O5. The van der Waals surface area contributed by atoms with Crippen LogP contribution in [-0.4, -0.2) is 45.1 Å². The maximum atomic E-state index is 13.7. The van der Waals surface area contributed by atoms with Gasteiger partial charge >= 0.3 is 0 Å². The van der Waals surface area contributed by atoms with Gasteiger partial charge in [-0.1, -0.05) is 12.1 Å². The lowest BCUT2D eigenvalue weighted by Gasteiger charge is -2.40. The van der Waals surface area contributed by atoms with Crippen LogP contribution in [0, 0.1) is 5.82 Å². The second-order valence-electron chi connectivity index (χ2n) is 7.90. The van der Waals surface area contributed by atoms with Crippen molar-refractivity contribution in [2.75, 3.05) is 33.7 Å². The Balaban J connectivity index is 1.86. The quantitative estimate of drug-likeness (QED) is 0.585. The summed E-state index contributed by atoms with van der Waals surface area (Å²) in [6.45, 7) is 0. The lowest BCUT2D eigenvalue weighted by molar-refractivity contribution is -0.119.